The van der Waals surface area contributed by atoms with Crippen LogP contribution in [0.3, 0.4) is 0 Å². The fraction of sp³-hybridized carbons (Fsp3) is 0.213. The summed E-state index contributed by atoms with van der Waals surface area (Å²) < 4.78 is 0. The van der Waals surface area contributed by atoms with Crippen molar-refractivity contribution in [2.24, 2.45) is 10.9 Å². The zero-order valence-corrected chi connectivity index (χ0v) is 30.0. The number of hydrogen-bond acceptors (Lipinski definition) is 1. The lowest BCUT2D eigenvalue weighted by molar-refractivity contribution is 0.533. The van der Waals surface area contributed by atoms with E-state index in [4.69, 9.17) is 4.99 Å². The van der Waals surface area contributed by atoms with Gasteiger partial charge < -0.3 is 4.90 Å². The van der Waals surface area contributed by atoms with E-state index in [0.717, 1.165) is 41.8 Å². The first-order valence-electron chi connectivity index (χ1n) is 17.5. The maximum absolute atomic E-state index is 5.13. The Morgan fingerprint density at radius 3 is 2.27 bits per heavy atom. The number of amidine groups is 1. The molecule has 0 amide bonds. The van der Waals surface area contributed by atoms with Crippen molar-refractivity contribution in [1.82, 2.24) is 4.90 Å². The molecule has 0 unspecified atom stereocenters. The largest absolute Gasteiger partial charge is 0.326 e. The van der Waals surface area contributed by atoms with Crippen molar-refractivity contribution in [3.05, 3.63) is 173 Å². The molecule has 0 N–H and O–H groups in total. The van der Waals surface area contributed by atoms with Gasteiger partial charge in [-0.3, -0.25) is 4.99 Å². The van der Waals surface area contributed by atoms with Crippen LogP contribution in [0.25, 0.3) is 41.5 Å². The third-order valence-electron chi connectivity index (χ3n) is 9.20. The molecule has 2 aromatic rings. The highest BCUT2D eigenvalue weighted by atomic mass is 15.2. The second kappa shape index (κ2) is 18.4. The van der Waals surface area contributed by atoms with Gasteiger partial charge in [0, 0.05) is 18.7 Å². The van der Waals surface area contributed by atoms with Crippen molar-refractivity contribution in [3.63, 3.8) is 0 Å². The third-order valence-corrected chi connectivity index (χ3v) is 9.20. The topological polar surface area (TPSA) is 15.6 Å². The Morgan fingerprint density at radius 2 is 1.63 bits per heavy atom. The van der Waals surface area contributed by atoms with Crippen molar-refractivity contribution in [3.8, 4) is 0 Å². The Hall–Kier alpha value is -5.21. The molecule has 250 valence electrons. The summed E-state index contributed by atoms with van der Waals surface area (Å²) >= 11 is 0. The van der Waals surface area contributed by atoms with Crippen molar-refractivity contribution in [2.75, 3.05) is 13.1 Å². The summed E-state index contributed by atoms with van der Waals surface area (Å²) in [7, 11) is 0. The molecule has 0 aliphatic heterocycles. The van der Waals surface area contributed by atoms with Crippen molar-refractivity contribution in [1.29, 1.82) is 0 Å². The molecule has 0 bridgehead atoms. The van der Waals surface area contributed by atoms with E-state index in [9.17, 15) is 0 Å². The van der Waals surface area contributed by atoms with Gasteiger partial charge in [-0.05, 0) is 101 Å². The fourth-order valence-corrected chi connectivity index (χ4v) is 6.88. The fourth-order valence-electron chi connectivity index (χ4n) is 6.88. The van der Waals surface area contributed by atoms with E-state index in [1.807, 2.05) is 30.4 Å². The summed E-state index contributed by atoms with van der Waals surface area (Å²) in [5.41, 5.74) is 10.7. The Kier molecular flexibility index (Phi) is 13.7. The predicted octanol–water partition coefficient (Wildman–Crippen LogP) is 10.9. The maximum Gasteiger partial charge on any atom is 0.131 e. The van der Waals surface area contributed by atoms with E-state index >= 15 is 0 Å². The van der Waals surface area contributed by atoms with Crippen molar-refractivity contribution in [2.45, 2.75) is 47.0 Å². The molecule has 49 heavy (non-hydrogen) atoms. The lowest BCUT2D eigenvalue weighted by atomic mass is 9.78. The molecule has 0 saturated heterocycles. The van der Waals surface area contributed by atoms with Crippen LogP contribution in [0.15, 0.2) is 140 Å². The monoisotopic (exact) mass is 644 g/mol. The average Bonchev–Trinajstić information content (AvgIpc) is 3.44. The molecule has 0 spiro atoms. The van der Waals surface area contributed by atoms with Crippen LogP contribution in [0.2, 0.25) is 0 Å². The highest BCUT2D eigenvalue weighted by molar-refractivity contribution is 6.02. The van der Waals surface area contributed by atoms with Crippen LogP contribution in [0.1, 0.15) is 74.8 Å². The Balaban J connectivity index is 1.95. The lowest BCUT2D eigenvalue weighted by Gasteiger charge is -2.33. The zero-order valence-electron chi connectivity index (χ0n) is 30.0. The smallest absolute Gasteiger partial charge is 0.131 e. The molecular formula is C47H52N2. The Bertz CT molecular complexity index is 1930. The molecule has 0 heterocycles. The minimum Gasteiger partial charge on any atom is -0.326 e. The van der Waals surface area contributed by atoms with Crippen LogP contribution in [-0.2, 0) is 0 Å². The van der Waals surface area contributed by atoms with E-state index < -0.39 is 0 Å². The lowest BCUT2D eigenvalue weighted by Crippen LogP contribution is -2.36. The molecular weight excluding hydrogens is 593 g/mol. The Labute approximate surface area is 295 Å². The van der Waals surface area contributed by atoms with E-state index in [-0.39, 0.29) is 5.92 Å². The summed E-state index contributed by atoms with van der Waals surface area (Å²) in [6, 6.07) is 10.4. The third kappa shape index (κ3) is 8.27. The highest BCUT2D eigenvalue weighted by Gasteiger charge is 2.28. The standard InChI is InChI=1S/C47H52N2/c1-9-32-48-47(49(33-10-2)39-26-22-17-18-23-27-39)44-31-30-38(34-37(44)12-4)46-42(15-7)40(13-5)45(41(14-6)43(46)16-8)36(11-3)29-28-35-24-20-19-21-25-35/h9-11,13-26,28-31,37H,1-2,5,7,12,27,32-34H2,3-4,6,8H3/b29-28-,36-11+,41-14+,43-16+,48-47-/t37-/m0/s1. The number of hydrogen-bond donors (Lipinski definition) is 0. The van der Waals surface area contributed by atoms with Gasteiger partial charge in [0.2, 0.25) is 0 Å². The van der Waals surface area contributed by atoms with Gasteiger partial charge in [0.05, 0.1) is 6.54 Å². The molecule has 2 aromatic carbocycles. The minimum absolute atomic E-state index is 0.275. The zero-order chi connectivity index (χ0) is 35.2. The Morgan fingerprint density at radius 1 is 0.878 bits per heavy atom. The molecule has 0 saturated carbocycles. The summed E-state index contributed by atoms with van der Waals surface area (Å²) in [5, 5.41) is 2.43. The van der Waals surface area contributed by atoms with Gasteiger partial charge in [0.1, 0.15) is 5.84 Å². The highest BCUT2D eigenvalue weighted by Crippen LogP contribution is 2.37. The van der Waals surface area contributed by atoms with Gasteiger partial charge in [-0.1, -0.05) is 142 Å². The first-order chi connectivity index (χ1) is 24.0. The van der Waals surface area contributed by atoms with Gasteiger partial charge in [-0.15, -0.1) is 13.2 Å². The SMILES string of the molecule is C=CC/N=C(/C1=CC=C(c2c(C=C)c(C=C)c(C(/C=C\c3ccccc3)=C/C)c(=C/C)/c2=C\C)C[C@@H]1CC)N(CC=C)C1=CC=CC=CC1. The molecule has 2 nitrogen and oxygen atoms in total. The second-order valence-corrected chi connectivity index (χ2v) is 12.0. The average molecular weight is 645 g/mol. The molecule has 0 aromatic heterocycles. The summed E-state index contributed by atoms with van der Waals surface area (Å²) in [6.07, 6.45) is 36.9. The van der Waals surface area contributed by atoms with E-state index in [2.05, 4.69) is 156 Å². The van der Waals surface area contributed by atoms with Crippen LogP contribution < -0.4 is 10.4 Å². The van der Waals surface area contributed by atoms with Crippen LogP contribution in [0.4, 0.5) is 0 Å². The van der Waals surface area contributed by atoms with E-state index in [1.54, 1.807) is 0 Å². The summed E-state index contributed by atoms with van der Waals surface area (Å²) in [4.78, 5) is 7.45. The molecule has 2 aliphatic rings. The molecule has 2 aliphatic carbocycles. The molecule has 2 heteroatoms. The van der Waals surface area contributed by atoms with Gasteiger partial charge in [-0.2, -0.15) is 0 Å². The van der Waals surface area contributed by atoms with Crippen molar-refractivity contribution >= 4 is 47.4 Å². The summed E-state index contributed by atoms with van der Waals surface area (Å²) in [5.74, 6) is 1.27. The first kappa shape index (κ1) is 36.6. The molecule has 1 atom stereocenters. The molecule has 4 rings (SSSR count). The van der Waals surface area contributed by atoms with E-state index in [1.165, 1.54) is 44.0 Å². The van der Waals surface area contributed by atoms with Gasteiger partial charge >= 0.3 is 0 Å². The van der Waals surface area contributed by atoms with Gasteiger partial charge in [0.15, 0.2) is 0 Å². The van der Waals surface area contributed by atoms with Crippen LogP contribution in [0, 0.1) is 5.92 Å². The normalized spacial score (nSPS) is 17.4. The number of rotatable bonds is 13. The molecule has 0 fully saturated rings. The number of aliphatic imine (C=N–C) groups is 1. The van der Waals surface area contributed by atoms with Crippen LogP contribution in [0.5, 0.6) is 0 Å². The van der Waals surface area contributed by atoms with Gasteiger partial charge in [-0.25, -0.2) is 0 Å². The summed E-state index contributed by atoms with van der Waals surface area (Å²) in [6.45, 7) is 26.6. The van der Waals surface area contributed by atoms with Gasteiger partial charge in [0.25, 0.3) is 0 Å². The number of allylic oxidation sites excluding steroid dienone is 11. The van der Waals surface area contributed by atoms with Crippen LogP contribution in [-0.4, -0.2) is 23.8 Å². The first-order valence-corrected chi connectivity index (χ1v) is 17.5. The van der Waals surface area contributed by atoms with Crippen LogP contribution >= 0.6 is 0 Å². The second-order valence-electron chi connectivity index (χ2n) is 12.0. The van der Waals surface area contributed by atoms with E-state index in [0.29, 0.717) is 13.1 Å². The van der Waals surface area contributed by atoms with Crippen molar-refractivity contribution < 1.29 is 0 Å². The quantitative estimate of drug-likeness (QED) is 0.0917. The number of benzene rings is 2. The maximum atomic E-state index is 5.13. The minimum atomic E-state index is 0.275. The predicted molar refractivity (Wildman–Crippen MR) is 220 cm³/mol. The molecule has 0 radical (unpaired) electrons. The number of nitrogens with zero attached hydrogens (tertiary/aromatic N) is 2.